The molecule has 1 aliphatic carbocycles. The minimum absolute atomic E-state index is 0.226. The predicted molar refractivity (Wildman–Crippen MR) is 134 cm³/mol. The third-order valence-electron chi connectivity index (χ3n) is 7.25. The van der Waals surface area contributed by atoms with E-state index in [0.717, 1.165) is 49.3 Å². The van der Waals surface area contributed by atoms with E-state index >= 15 is 0 Å². The van der Waals surface area contributed by atoms with E-state index in [9.17, 15) is 35.1 Å². The summed E-state index contributed by atoms with van der Waals surface area (Å²) in [4.78, 5) is 3.87. The first kappa shape index (κ1) is 29.6. The van der Waals surface area contributed by atoms with Gasteiger partial charge in [0.05, 0.1) is 10.9 Å². The highest BCUT2D eigenvalue weighted by Crippen LogP contribution is 2.39. The first-order chi connectivity index (χ1) is 18.9. The van der Waals surface area contributed by atoms with Crippen LogP contribution in [0.2, 0.25) is 0 Å². The Labute approximate surface area is 226 Å². The maximum absolute atomic E-state index is 14.9. The van der Waals surface area contributed by atoms with Crippen LogP contribution in [0.5, 0.6) is 5.75 Å². The largest absolute Gasteiger partial charge is 0.458 e. The van der Waals surface area contributed by atoms with Gasteiger partial charge in [-0.15, -0.1) is 0 Å². The van der Waals surface area contributed by atoms with Crippen molar-refractivity contribution in [2.24, 2.45) is 5.92 Å². The molecule has 1 aromatic heterocycles. The molecule has 214 valence electrons. The van der Waals surface area contributed by atoms with E-state index in [1.807, 2.05) is 0 Å². The Kier molecular flexibility index (Phi) is 8.91. The van der Waals surface area contributed by atoms with Gasteiger partial charge >= 0.3 is 12.3 Å². The molecule has 0 saturated heterocycles. The lowest BCUT2D eigenvalue weighted by atomic mass is 9.77. The second kappa shape index (κ2) is 12.0. The van der Waals surface area contributed by atoms with Gasteiger partial charge in [-0.25, -0.2) is 13.2 Å². The molecule has 4 rings (SSSR count). The highest BCUT2D eigenvalue weighted by molar-refractivity contribution is 5.87. The first-order valence-corrected chi connectivity index (χ1v) is 13.1. The fraction of sp³-hybridized carbons (Fsp3) is 0.433. The molecule has 2 aromatic carbocycles. The summed E-state index contributed by atoms with van der Waals surface area (Å²) in [7, 11) is 0. The average Bonchev–Trinajstić information content (AvgIpc) is 2.88. The van der Waals surface area contributed by atoms with Crippen LogP contribution in [-0.2, 0) is 6.11 Å². The molecule has 0 atom stereocenters. The van der Waals surface area contributed by atoms with Gasteiger partial charge in [0.15, 0.2) is 11.5 Å². The van der Waals surface area contributed by atoms with Gasteiger partial charge in [0.1, 0.15) is 17.4 Å². The fourth-order valence-corrected chi connectivity index (χ4v) is 5.18. The Morgan fingerprint density at radius 2 is 1.65 bits per heavy atom. The molecule has 1 heterocycles. The van der Waals surface area contributed by atoms with Crippen molar-refractivity contribution in [3.63, 3.8) is 0 Å². The SMILES string of the molecule is CCCCCC1CCC(c2ccc(C(F)(F)Oc3cc(F)c4c(F)c(C#CC(F)(F)F)c(F)cc4c3)nc2)CC1. The Hall–Kier alpha value is -3.35. The molecule has 0 amide bonds. The zero-order chi connectivity index (χ0) is 29.1. The van der Waals surface area contributed by atoms with E-state index in [4.69, 9.17) is 0 Å². The number of halogens is 8. The molecule has 2 nitrogen and oxygen atoms in total. The van der Waals surface area contributed by atoms with Crippen LogP contribution in [0.25, 0.3) is 10.8 Å². The highest BCUT2D eigenvalue weighted by atomic mass is 19.4. The third kappa shape index (κ3) is 7.04. The Balaban J connectivity index is 1.49. The number of rotatable bonds is 8. The molecule has 0 bridgehead atoms. The maximum Gasteiger partial charge on any atom is 0.458 e. The molecule has 0 aliphatic heterocycles. The van der Waals surface area contributed by atoms with Crippen LogP contribution in [0.15, 0.2) is 36.5 Å². The molecule has 1 saturated carbocycles. The Morgan fingerprint density at radius 3 is 2.27 bits per heavy atom. The van der Waals surface area contributed by atoms with Crippen molar-refractivity contribution >= 4 is 10.8 Å². The summed E-state index contributed by atoms with van der Waals surface area (Å²) in [5.41, 5.74) is -1.18. The third-order valence-corrected chi connectivity index (χ3v) is 7.25. The van der Waals surface area contributed by atoms with Crippen molar-refractivity contribution < 1.29 is 39.9 Å². The van der Waals surface area contributed by atoms with E-state index in [2.05, 4.69) is 16.6 Å². The number of nitrogens with zero attached hydrogens (tertiary/aromatic N) is 1. The van der Waals surface area contributed by atoms with Gasteiger partial charge < -0.3 is 4.74 Å². The molecule has 0 unspecified atom stereocenters. The fourth-order valence-electron chi connectivity index (χ4n) is 5.18. The minimum atomic E-state index is -5.03. The Bertz CT molecular complexity index is 1400. The highest BCUT2D eigenvalue weighted by Gasteiger charge is 2.37. The van der Waals surface area contributed by atoms with Crippen molar-refractivity contribution in [3.8, 4) is 17.6 Å². The molecule has 3 aromatic rings. The van der Waals surface area contributed by atoms with Crippen molar-refractivity contribution in [1.29, 1.82) is 0 Å². The van der Waals surface area contributed by atoms with E-state index in [1.54, 1.807) is 6.07 Å². The van der Waals surface area contributed by atoms with Crippen molar-refractivity contribution in [3.05, 3.63) is 70.8 Å². The second-order valence-corrected chi connectivity index (χ2v) is 10.1. The molecule has 1 aliphatic rings. The summed E-state index contributed by atoms with van der Waals surface area (Å²) in [5, 5.41) is -1.45. The van der Waals surface area contributed by atoms with E-state index in [-0.39, 0.29) is 5.92 Å². The van der Waals surface area contributed by atoms with Gasteiger partial charge in [-0.1, -0.05) is 44.6 Å². The van der Waals surface area contributed by atoms with Crippen molar-refractivity contribution in [2.45, 2.75) is 76.5 Å². The van der Waals surface area contributed by atoms with Crippen molar-refractivity contribution in [2.75, 3.05) is 0 Å². The van der Waals surface area contributed by atoms with Crippen LogP contribution in [0.4, 0.5) is 35.1 Å². The first-order valence-electron chi connectivity index (χ1n) is 13.1. The average molecular weight is 570 g/mol. The number of unbranched alkanes of at least 4 members (excludes halogenated alkanes) is 2. The summed E-state index contributed by atoms with van der Waals surface area (Å²) < 4.78 is 115. The number of hydrogen-bond acceptors (Lipinski definition) is 2. The zero-order valence-corrected chi connectivity index (χ0v) is 21.7. The summed E-state index contributed by atoms with van der Waals surface area (Å²) in [6.45, 7) is 2.17. The van der Waals surface area contributed by atoms with E-state index < -0.39 is 57.5 Å². The van der Waals surface area contributed by atoms with Crippen LogP contribution in [0.1, 0.15) is 81.0 Å². The second-order valence-electron chi connectivity index (χ2n) is 10.1. The molecule has 10 heteroatoms. The van der Waals surface area contributed by atoms with E-state index in [1.165, 1.54) is 37.8 Å². The lowest BCUT2D eigenvalue weighted by molar-refractivity contribution is -0.188. The van der Waals surface area contributed by atoms with Crippen LogP contribution < -0.4 is 4.74 Å². The molecule has 1 fully saturated rings. The van der Waals surface area contributed by atoms with Crippen LogP contribution in [0, 0.1) is 35.2 Å². The van der Waals surface area contributed by atoms with E-state index in [0.29, 0.717) is 18.1 Å². The number of hydrogen-bond donors (Lipinski definition) is 0. The number of ether oxygens (including phenoxy) is 1. The number of pyridine rings is 1. The van der Waals surface area contributed by atoms with Crippen LogP contribution >= 0.6 is 0 Å². The normalized spacial score (nSPS) is 17.9. The smallest absolute Gasteiger partial charge is 0.428 e. The van der Waals surface area contributed by atoms with Gasteiger partial charge in [0, 0.05) is 18.2 Å². The monoisotopic (exact) mass is 569 g/mol. The van der Waals surface area contributed by atoms with Crippen LogP contribution in [0.3, 0.4) is 0 Å². The lowest BCUT2D eigenvalue weighted by Gasteiger charge is -2.29. The number of fused-ring (bicyclic) bond motifs is 1. The molecular formula is C30H27F8NO. The van der Waals surface area contributed by atoms with Crippen molar-refractivity contribution in [1.82, 2.24) is 4.98 Å². The molecule has 0 N–H and O–H groups in total. The maximum atomic E-state index is 14.9. The van der Waals surface area contributed by atoms with Gasteiger partial charge in [0.25, 0.3) is 0 Å². The number of alkyl halides is 5. The quantitative estimate of drug-likeness (QED) is 0.153. The van der Waals surface area contributed by atoms with Gasteiger partial charge in [0.2, 0.25) is 0 Å². The summed E-state index contributed by atoms with van der Waals surface area (Å²) in [6, 6.07) is 4.39. The molecule has 40 heavy (non-hydrogen) atoms. The topological polar surface area (TPSA) is 22.1 Å². The summed E-state index contributed by atoms with van der Waals surface area (Å²) in [6.07, 6.45) is 1.26. The lowest BCUT2D eigenvalue weighted by Crippen LogP contribution is -2.23. The summed E-state index contributed by atoms with van der Waals surface area (Å²) >= 11 is 0. The van der Waals surface area contributed by atoms with Gasteiger partial charge in [-0.3, -0.25) is 4.98 Å². The van der Waals surface area contributed by atoms with Crippen LogP contribution in [-0.4, -0.2) is 11.2 Å². The van der Waals surface area contributed by atoms with Gasteiger partial charge in [-0.2, -0.15) is 22.0 Å². The Morgan fingerprint density at radius 1 is 0.925 bits per heavy atom. The zero-order valence-electron chi connectivity index (χ0n) is 21.7. The minimum Gasteiger partial charge on any atom is -0.428 e. The number of benzene rings is 2. The standard InChI is InChI=1S/C30H27F8NO/c1-2-3-4-5-18-6-8-19(9-7-18)20-10-11-26(39-17-20)30(37,38)40-22-14-21-15-24(31)23(12-13-29(34,35)36)28(33)27(21)25(32)16-22/h10-11,14-19H,2-9H2,1H3. The molecule has 0 radical (unpaired) electrons. The summed E-state index contributed by atoms with van der Waals surface area (Å²) in [5.74, 6) is -2.46. The number of aromatic nitrogens is 1. The predicted octanol–water partition coefficient (Wildman–Crippen LogP) is 9.55. The van der Waals surface area contributed by atoms with Gasteiger partial charge in [-0.05, 0) is 66.7 Å². The molecular weight excluding hydrogens is 542 g/mol. The molecule has 0 spiro atoms.